The van der Waals surface area contributed by atoms with E-state index in [1.54, 1.807) is 38.2 Å². The van der Waals surface area contributed by atoms with Gasteiger partial charge in [0, 0.05) is 41.7 Å². The molecule has 4 rings (SSSR count). The standard InChI is InChI=1S/C27H24FN3O4.C2H3F3O/c1-14-9-18(15(2)31-22-6-4-5-20(28)25(22)27(33)34)26-19(10-14)23(32)12-24(35-26)16-7-8-21(30-3)17(11-16)13-29;3-2(4,5)1-6/h4-13,15,29-31H,1-3H3,(H,33,34);6H,1H2. The lowest BCUT2D eigenvalue weighted by atomic mass is 9.99. The topological polar surface area (TPSA) is 136 Å². The minimum Gasteiger partial charge on any atom is -0.478 e. The summed E-state index contributed by atoms with van der Waals surface area (Å²) < 4.78 is 52.0. The fraction of sp³-hybridized carbons (Fsp3) is 0.207. The predicted molar refractivity (Wildman–Crippen MR) is 149 cm³/mol. The van der Waals surface area contributed by atoms with Crippen LogP contribution in [0.3, 0.4) is 0 Å². The van der Waals surface area contributed by atoms with E-state index in [-0.39, 0.29) is 11.1 Å². The maximum atomic E-state index is 14.2. The molecule has 1 heterocycles. The lowest BCUT2D eigenvalue weighted by Crippen LogP contribution is -2.13. The summed E-state index contributed by atoms with van der Waals surface area (Å²) in [4.78, 5) is 24.7. The number of hydrogen-bond donors (Lipinski definition) is 5. The van der Waals surface area contributed by atoms with Crippen molar-refractivity contribution in [1.82, 2.24) is 0 Å². The van der Waals surface area contributed by atoms with E-state index in [0.29, 0.717) is 33.4 Å². The van der Waals surface area contributed by atoms with Gasteiger partial charge in [-0.3, -0.25) is 4.79 Å². The molecule has 0 bridgehead atoms. The van der Waals surface area contributed by atoms with Crippen LogP contribution in [0.4, 0.5) is 28.9 Å². The molecule has 0 spiro atoms. The number of rotatable bonds is 7. The molecule has 0 aliphatic heterocycles. The molecule has 0 aliphatic rings. The number of aliphatic hydroxyl groups is 1. The second-order valence-electron chi connectivity index (χ2n) is 9.01. The minimum absolute atomic E-state index is 0.122. The van der Waals surface area contributed by atoms with Gasteiger partial charge in [-0.15, -0.1) is 0 Å². The van der Waals surface area contributed by atoms with E-state index >= 15 is 0 Å². The van der Waals surface area contributed by atoms with E-state index in [0.717, 1.165) is 17.3 Å². The molecule has 3 aromatic carbocycles. The van der Waals surface area contributed by atoms with E-state index < -0.39 is 36.2 Å². The van der Waals surface area contributed by atoms with Crippen molar-refractivity contribution in [1.29, 1.82) is 5.41 Å². The molecule has 216 valence electrons. The number of nitrogens with one attached hydrogen (secondary N) is 3. The van der Waals surface area contributed by atoms with Gasteiger partial charge < -0.3 is 30.7 Å². The van der Waals surface area contributed by atoms with Crippen molar-refractivity contribution in [2.24, 2.45) is 0 Å². The third kappa shape index (κ3) is 7.28. The van der Waals surface area contributed by atoms with E-state index in [1.807, 2.05) is 13.0 Å². The number of carboxylic acids is 1. The molecule has 12 heteroatoms. The van der Waals surface area contributed by atoms with Gasteiger partial charge in [-0.05, 0) is 55.8 Å². The van der Waals surface area contributed by atoms with Crippen molar-refractivity contribution in [3.05, 3.63) is 92.9 Å². The third-order valence-electron chi connectivity index (χ3n) is 6.01. The largest absolute Gasteiger partial charge is 0.478 e. The van der Waals surface area contributed by atoms with Crippen LogP contribution < -0.4 is 16.1 Å². The highest BCUT2D eigenvalue weighted by Crippen LogP contribution is 2.32. The van der Waals surface area contributed by atoms with Crippen LogP contribution >= 0.6 is 0 Å². The number of alkyl halides is 3. The van der Waals surface area contributed by atoms with Gasteiger partial charge in [0.2, 0.25) is 0 Å². The van der Waals surface area contributed by atoms with E-state index in [9.17, 15) is 32.3 Å². The summed E-state index contributed by atoms with van der Waals surface area (Å²) in [6, 6.07) is 13.9. The van der Waals surface area contributed by atoms with Crippen molar-refractivity contribution >= 4 is 34.5 Å². The number of anilines is 2. The SMILES string of the molecule is CNc1ccc(-c2cc(=O)c3cc(C)cc(C(C)Nc4cccc(F)c4C(=O)O)c3o2)cc1C=N.OCC(F)(F)F. The van der Waals surface area contributed by atoms with Crippen LogP contribution in [0.2, 0.25) is 0 Å². The summed E-state index contributed by atoms with van der Waals surface area (Å²) in [7, 11) is 1.76. The molecule has 4 aromatic rings. The number of carbonyl (C=O) groups is 1. The van der Waals surface area contributed by atoms with Crippen molar-refractivity contribution in [2.45, 2.75) is 26.1 Å². The molecule has 1 unspecified atom stereocenters. The summed E-state index contributed by atoms with van der Waals surface area (Å²) >= 11 is 0. The number of carboxylic acid groups (broad SMARTS) is 1. The molecule has 5 N–H and O–H groups in total. The molecular weight excluding hydrogens is 546 g/mol. The fourth-order valence-electron chi connectivity index (χ4n) is 4.13. The molecule has 1 atom stereocenters. The molecule has 0 saturated carbocycles. The van der Waals surface area contributed by atoms with Crippen LogP contribution in [0, 0.1) is 18.2 Å². The van der Waals surface area contributed by atoms with Crippen molar-refractivity contribution in [2.75, 3.05) is 24.3 Å². The van der Waals surface area contributed by atoms with Gasteiger partial charge in [-0.1, -0.05) is 12.1 Å². The number of benzene rings is 3. The van der Waals surface area contributed by atoms with Gasteiger partial charge in [-0.25, -0.2) is 9.18 Å². The molecular formula is C29H27F4N3O5. The molecule has 0 radical (unpaired) electrons. The zero-order valence-electron chi connectivity index (χ0n) is 22.2. The Morgan fingerprint density at radius 1 is 1.12 bits per heavy atom. The molecule has 0 saturated heterocycles. The smallest absolute Gasteiger partial charge is 0.411 e. The zero-order valence-corrected chi connectivity index (χ0v) is 22.2. The van der Waals surface area contributed by atoms with Crippen molar-refractivity contribution in [3.8, 4) is 11.3 Å². The maximum absolute atomic E-state index is 14.2. The average Bonchev–Trinajstić information content (AvgIpc) is 2.92. The number of aryl methyl sites for hydroxylation is 1. The Morgan fingerprint density at radius 3 is 2.39 bits per heavy atom. The van der Waals surface area contributed by atoms with E-state index in [4.69, 9.17) is 14.9 Å². The number of aromatic carboxylic acids is 1. The normalized spacial score (nSPS) is 11.8. The predicted octanol–water partition coefficient (Wildman–Crippen LogP) is 6.36. The fourth-order valence-corrected chi connectivity index (χ4v) is 4.13. The van der Waals surface area contributed by atoms with E-state index in [2.05, 4.69) is 10.6 Å². The van der Waals surface area contributed by atoms with Crippen LogP contribution in [-0.4, -0.2) is 42.2 Å². The van der Waals surface area contributed by atoms with Crippen molar-refractivity contribution < 1.29 is 37.0 Å². The summed E-state index contributed by atoms with van der Waals surface area (Å²) in [5, 5.41) is 30.9. The molecule has 1 aromatic heterocycles. The lowest BCUT2D eigenvalue weighted by molar-refractivity contribution is -0.159. The van der Waals surface area contributed by atoms with Crippen LogP contribution in [-0.2, 0) is 0 Å². The molecule has 0 amide bonds. The minimum atomic E-state index is -4.40. The summed E-state index contributed by atoms with van der Waals surface area (Å²) in [6.07, 6.45) is -3.19. The van der Waals surface area contributed by atoms with Gasteiger partial charge in [0.1, 0.15) is 29.3 Å². The van der Waals surface area contributed by atoms with Crippen LogP contribution in [0.25, 0.3) is 22.3 Å². The number of fused-ring (bicyclic) bond motifs is 1. The maximum Gasteiger partial charge on any atom is 0.411 e. The van der Waals surface area contributed by atoms with Gasteiger partial charge in [0.15, 0.2) is 5.43 Å². The third-order valence-corrected chi connectivity index (χ3v) is 6.01. The highest BCUT2D eigenvalue weighted by molar-refractivity contribution is 5.95. The summed E-state index contributed by atoms with van der Waals surface area (Å²) in [5.74, 6) is -1.89. The second-order valence-corrected chi connectivity index (χ2v) is 9.01. The first-order chi connectivity index (χ1) is 19.3. The first kappa shape index (κ1) is 30.8. The number of hydrogen-bond acceptors (Lipinski definition) is 7. The Morgan fingerprint density at radius 2 is 1.80 bits per heavy atom. The van der Waals surface area contributed by atoms with Crippen LogP contribution in [0.15, 0.2) is 63.8 Å². The van der Waals surface area contributed by atoms with E-state index in [1.165, 1.54) is 24.4 Å². The van der Waals surface area contributed by atoms with Crippen LogP contribution in [0.5, 0.6) is 0 Å². The first-order valence-electron chi connectivity index (χ1n) is 12.2. The number of aliphatic hydroxyl groups excluding tert-OH is 1. The van der Waals surface area contributed by atoms with Gasteiger partial charge in [0.25, 0.3) is 0 Å². The van der Waals surface area contributed by atoms with Crippen molar-refractivity contribution in [3.63, 3.8) is 0 Å². The summed E-state index contributed by atoms with van der Waals surface area (Å²) in [5.41, 5.74) is 3.27. The van der Waals surface area contributed by atoms with Crippen LogP contribution in [0.1, 0.15) is 40.0 Å². The Labute approximate surface area is 231 Å². The van der Waals surface area contributed by atoms with Gasteiger partial charge in [-0.2, -0.15) is 13.2 Å². The Kier molecular flexibility index (Phi) is 9.51. The van der Waals surface area contributed by atoms with Gasteiger partial charge in [0.05, 0.1) is 17.1 Å². The van der Waals surface area contributed by atoms with Gasteiger partial charge >= 0.3 is 12.1 Å². The molecule has 41 heavy (non-hydrogen) atoms. The summed E-state index contributed by atoms with van der Waals surface area (Å²) in [6.45, 7) is 1.90. The Hall–Kier alpha value is -4.71. The first-order valence-corrected chi connectivity index (χ1v) is 12.2. The Bertz CT molecular complexity index is 1650. The average molecular weight is 574 g/mol. The lowest BCUT2D eigenvalue weighted by Gasteiger charge is -2.19. The number of halogens is 4. The molecule has 0 fully saturated rings. The second kappa shape index (κ2) is 12.6. The highest BCUT2D eigenvalue weighted by Gasteiger charge is 2.24. The monoisotopic (exact) mass is 573 g/mol. The zero-order chi connectivity index (χ0) is 30.5. The Balaban J connectivity index is 0.000000696. The highest BCUT2D eigenvalue weighted by atomic mass is 19.4. The molecule has 8 nitrogen and oxygen atoms in total. The molecule has 0 aliphatic carbocycles. The quantitative estimate of drug-likeness (QED) is 0.128.